The Kier molecular flexibility index (Phi) is 38.8. The number of guanidine groups is 5. The predicted octanol–water partition coefficient (Wildman–Crippen LogP) is -9.42. The van der Waals surface area contributed by atoms with Gasteiger partial charge in [-0.15, -0.1) is 0 Å². The van der Waals surface area contributed by atoms with Crippen LogP contribution >= 0.6 is 0 Å². The smallest absolute Gasteiger partial charge is 0.326 e. The fourth-order valence-electron chi connectivity index (χ4n) is 7.72. The van der Waals surface area contributed by atoms with Crippen molar-refractivity contribution in [3.8, 4) is 0 Å². The van der Waals surface area contributed by atoms with Crippen LogP contribution < -0.4 is 117 Å². The first kappa shape index (κ1) is 74.5. The Bertz CT molecular complexity index is 2200. The number of aliphatic imine (C=N–C) groups is 5. The normalized spacial score (nSPS) is 13.6. The Morgan fingerprint density at radius 1 is 0.313 bits per heavy atom. The molecule has 0 aliphatic carbocycles. The number of aliphatic carboxylic acids is 1. The highest BCUT2D eigenvalue weighted by molar-refractivity contribution is 5.98. The van der Waals surface area contributed by atoms with Crippen LogP contribution in [-0.4, -0.2) is 182 Å². The number of rotatable bonds is 46. The van der Waals surface area contributed by atoms with E-state index in [9.17, 15) is 48.3 Å². The monoisotopic (exact) mass is 1180 g/mol. The van der Waals surface area contributed by atoms with Crippen molar-refractivity contribution >= 4 is 83.0 Å². The molecule has 0 unspecified atom stereocenters. The van der Waals surface area contributed by atoms with E-state index in [4.69, 9.17) is 80.3 Å². The van der Waals surface area contributed by atoms with Crippen LogP contribution in [0.25, 0.3) is 0 Å². The standard InChI is InChI=1S/C47H94N26O10/c48-19-3-1-11-27(67-35(75)26(50)10-5-21-62-43(52)53)36(76)68-28(12-2-4-20-49)37(77)69-29(13-6-22-63-44(54)55)38(78)70-30(14-7-23-64-45(56)57)39(79)72-32(17-18-34(51)74)41(81)71-31(15-8-24-65-46(58)59)40(80)73-33(42(82)83)16-9-25-66-47(60)61/h26-33H,1-25,48-50H2,(H2,51,74)(H,67,75)(H,68,76)(H,69,77)(H,70,78)(H,71,81)(H,72,79)(H,73,80)(H,82,83)(H4,52,53,62)(H4,54,55,63)(H4,56,57,64)(H4,58,59,65)(H4,60,61,66)/t26-,27+,28+,29+,30-,31+,32+,33-/m1/s1. The molecule has 36 heteroatoms. The summed E-state index contributed by atoms with van der Waals surface area (Å²) in [5.41, 5.74) is 77.6. The van der Waals surface area contributed by atoms with Crippen molar-refractivity contribution in [2.75, 3.05) is 45.8 Å². The van der Waals surface area contributed by atoms with Crippen LogP contribution in [0, 0.1) is 0 Å². The molecule has 0 spiro atoms. The summed E-state index contributed by atoms with van der Waals surface area (Å²) in [4.78, 5) is 142. The number of carbonyl (C=O) groups excluding carboxylic acids is 8. The zero-order valence-corrected chi connectivity index (χ0v) is 47.2. The molecule has 0 aliphatic heterocycles. The second-order valence-corrected chi connectivity index (χ2v) is 19.2. The second-order valence-electron chi connectivity index (χ2n) is 19.2. The third kappa shape index (κ3) is 36.4. The molecule has 0 aromatic carbocycles. The molecule has 0 aromatic rings. The Morgan fingerprint density at radius 2 is 0.542 bits per heavy atom. The lowest BCUT2D eigenvalue weighted by atomic mass is 10.0. The van der Waals surface area contributed by atoms with E-state index in [1.54, 1.807) is 0 Å². The van der Waals surface area contributed by atoms with Gasteiger partial charge in [-0.2, -0.15) is 0 Å². The summed E-state index contributed by atoms with van der Waals surface area (Å²) in [5.74, 6) is -9.58. The predicted molar refractivity (Wildman–Crippen MR) is 313 cm³/mol. The van der Waals surface area contributed by atoms with Gasteiger partial charge in [0.25, 0.3) is 0 Å². The summed E-state index contributed by atoms with van der Waals surface area (Å²) in [5, 5.41) is 28.0. The maximum Gasteiger partial charge on any atom is 0.326 e. The first-order valence-corrected chi connectivity index (χ1v) is 27.3. The summed E-state index contributed by atoms with van der Waals surface area (Å²) >= 11 is 0. The quantitative estimate of drug-likeness (QED) is 0.0153. The number of carboxylic acids is 1. The summed E-state index contributed by atoms with van der Waals surface area (Å²) in [6, 6.07) is -11.1. The van der Waals surface area contributed by atoms with Crippen molar-refractivity contribution in [2.24, 2.45) is 105 Å². The molecule has 36 N–H and O–H groups in total. The third-order valence-corrected chi connectivity index (χ3v) is 12.1. The number of nitrogens with two attached hydrogens (primary N) is 14. The van der Waals surface area contributed by atoms with Crippen LogP contribution in [0.2, 0.25) is 0 Å². The van der Waals surface area contributed by atoms with Crippen molar-refractivity contribution < 1.29 is 48.3 Å². The van der Waals surface area contributed by atoms with Gasteiger partial charge in [-0.05, 0) is 122 Å². The summed E-state index contributed by atoms with van der Waals surface area (Å²) in [6.07, 6.45) is 1.18. The van der Waals surface area contributed by atoms with Crippen molar-refractivity contribution in [2.45, 2.75) is 164 Å². The van der Waals surface area contributed by atoms with E-state index in [1.165, 1.54) is 0 Å². The lowest BCUT2D eigenvalue weighted by Gasteiger charge is -2.28. The van der Waals surface area contributed by atoms with Crippen LogP contribution in [0.4, 0.5) is 0 Å². The van der Waals surface area contributed by atoms with Gasteiger partial charge in [-0.1, -0.05) is 0 Å². The van der Waals surface area contributed by atoms with Gasteiger partial charge in [0.05, 0.1) is 6.04 Å². The molecule has 0 heterocycles. The van der Waals surface area contributed by atoms with E-state index in [0.29, 0.717) is 38.6 Å². The van der Waals surface area contributed by atoms with E-state index in [2.05, 4.69) is 62.2 Å². The van der Waals surface area contributed by atoms with Crippen molar-refractivity contribution in [3.63, 3.8) is 0 Å². The fourth-order valence-corrected chi connectivity index (χ4v) is 7.72. The Labute approximate surface area is 482 Å². The maximum atomic E-state index is 14.5. The molecule has 0 rings (SSSR count). The van der Waals surface area contributed by atoms with Gasteiger partial charge < -0.3 is 123 Å². The van der Waals surface area contributed by atoms with Gasteiger partial charge in [0.1, 0.15) is 42.3 Å². The molecule has 36 nitrogen and oxygen atoms in total. The van der Waals surface area contributed by atoms with E-state index in [1.807, 2.05) is 0 Å². The van der Waals surface area contributed by atoms with Crippen LogP contribution in [-0.2, 0) is 43.2 Å². The zero-order valence-electron chi connectivity index (χ0n) is 47.2. The number of hydrogen-bond donors (Lipinski definition) is 22. The number of unbranched alkanes of at least 4 members (excludes halogenated alkanes) is 2. The molecular formula is C47H94N26O10. The highest BCUT2D eigenvalue weighted by atomic mass is 16.4. The first-order valence-electron chi connectivity index (χ1n) is 27.3. The molecule has 83 heavy (non-hydrogen) atoms. The highest BCUT2D eigenvalue weighted by Gasteiger charge is 2.34. The van der Waals surface area contributed by atoms with Crippen LogP contribution in [0.1, 0.15) is 116 Å². The van der Waals surface area contributed by atoms with E-state index in [-0.39, 0.29) is 140 Å². The first-order chi connectivity index (χ1) is 39.2. The molecule has 472 valence electrons. The summed E-state index contributed by atoms with van der Waals surface area (Å²) in [6.45, 7) is 0.720. The topological polar surface area (TPSA) is 684 Å². The molecule has 0 fully saturated rings. The molecule has 0 radical (unpaired) electrons. The van der Waals surface area contributed by atoms with E-state index < -0.39 is 114 Å². The molecule has 8 atom stereocenters. The van der Waals surface area contributed by atoms with Gasteiger partial charge in [0, 0.05) is 39.1 Å². The maximum absolute atomic E-state index is 14.5. The molecule has 0 saturated carbocycles. The summed E-state index contributed by atoms with van der Waals surface area (Å²) < 4.78 is 0. The van der Waals surface area contributed by atoms with E-state index >= 15 is 0 Å². The SMILES string of the molecule is NCCCC[C@H](NC(=O)[C@H](N)CCCN=C(N)N)C(=O)N[C@@H](CCCCN)C(=O)N[C@@H](CCCN=C(N)N)C(=O)N[C@H](CCCN=C(N)N)C(=O)N[C@@H](CCC(N)=O)C(=O)N[C@@H](CCCN=C(N)N)C(=O)N[C@H](CCCN=C(N)N)C(=O)O. The number of primary amides is 1. The molecule has 0 aliphatic rings. The molecular weight excluding hydrogens is 1090 g/mol. The molecule has 0 saturated heterocycles. The van der Waals surface area contributed by atoms with Crippen LogP contribution in [0.5, 0.6) is 0 Å². The lowest BCUT2D eigenvalue weighted by Crippen LogP contribution is -2.60. The largest absolute Gasteiger partial charge is 0.480 e. The Morgan fingerprint density at radius 3 is 0.795 bits per heavy atom. The number of amides is 8. The van der Waals surface area contributed by atoms with Crippen molar-refractivity contribution in [1.82, 2.24) is 37.2 Å². The zero-order chi connectivity index (χ0) is 62.9. The number of carbonyl (C=O) groups is 9. The van der Waals surface area contributed by atoms with Crippen molar-refractivity contribution in [3.05, 3.63) is 0 Å². The minimum absolute atomic E-state index is 0.0119. The highest BCUT2D eigenvalue weighted by Crippen LogP contribution is 2.11. The fraction of sp³-hybridized carbons (Fsp3) is 0.702. The summed E-state index contributed by atoms with van der Waals surface area (Å²) in [7, 11) is 0. The average Bonchev–Trinajstić information content (AvgIpc) is 3.43. The van der Waals surface area contributed by atoms with Gasteiger partial charge in [-0.3, -0.25) is 63.3 Å². The van der Waals surface area contributed by atoms with E-state index in [0.717, 1.165) is 0 Å². The minimum atomic E-state index is -1.63. The van der Waals surface area contributed by atoms with Gasteiger partial charge in [-0.25, -0.2) is 4.79 Å². The van der Waals surface area contributed by atoms with Crippen molar-refractivity contribution in [1.29, 1.82) is 0 Å². The van der Waals surface area contributed by atoms with Gasteiger partial charge in [0.15, 0.2) is 29.8 Å². The molecule has 8 amide bonds. The third-order valence-electron chi connectivity index (χ3n) is 12.1. The van der Waals surface area contributed by atoms with Gasteiger partial charge >= 0.3 is 5.97 Å². The molecule has 0 bridgehead atoms. The molecule has 0 aromatic heterocycles. The average molecular weight is 1180 g/mol. The minimum Gasteiger partial charge on any atom is -0.480 e. The van der Waals surface area contributed by atoms with Crippen LogP contribution in [0.15, 0.2) is 25.0 Å². The number of nitrogens with zero attached hydrogens (tertiary/aromatic N) is 5. The number of hydrogen-bond acceptors (Lipinski definition) is 17. The Hall–Kier alpha value is -8.54. The lowest BCUT2D eigenvalue weighted by molar-refractivity contribution is -0.142. The Balaban J connectivity index is 7.17. The second kappa shape index (κ2) is 43.2. The van der Waals surface area contributed by atoms with Gasteiger partial charge in [0.2, 0.25) is 47.3 Å². The number of nitrogens with one attached hydrogen (secondary N) is 7. The van der Waals surface area contributed by atoms with Crippen LogP contribution in [0.3, 0.4) is 0 Å². The number of carboxylic acid groups (broad SMARTS) is 1.